The summed E-state index contributed by atoms with van der Waals surface area (Å²) in [6.07, 6.45) is 0. The summed E-state index contributed by atoms with van der Waals surface area (Å²) < 4.78 is 11.8. The van der Waals surface area contributed by atoms with Crippen molar-refractivity contribution in [3.63, 3.8) is 0 Å². The highest BCUT2D eigenvalue weighted by Gasteiger charge is 2.19. The van der Waals surface area contributed by atoms with Gasteiger partial charge in [-0.05, 0) is 13.0 Å². The lowest BCUT2D eigenvalue weighted by atomic mass is 10.3. The molecule has 0 saturated heterocycles. The average molecular weight is 238 g/mol. The van der Waals surface area contributed by atoms with E-state index in [1.54, 1.807) is 13.0 Å². The van der Waals surface area contributed by atoms with Crippen LogP contribution in [0.4, 0.5) is 5.69 Å². The predicted molar refractivity (Wildman–Crippen MR) is 59.1 cm³/mol. The van der Waals surface area contributed by atoms with E-state index in [4.69, 9.17) is 5.26 Å². The van der Waals surface area contributed by atoms with Crippen molar-refractivity contribution in [2.75, 3.05) is 5.75 Å². The molecule has 84 valence electrons. The Morgan fingerprint density at radius 3 is 2.75 bits per heavy atom. The van der Waals surface area contributed by atoms with Gasteiger partial charge in [-0.15, -0.1) is 0 Å². The third-order valence-corrected chi connectivity index (χ3v) is 3.57. The molecule has 0 saturated carbocycles. The highest BCUT2D eigenvalue weighted by molar-refractivity contribution is 7.85. The third-order valence-electron chi connectivity index (χ3n) is 1.93. The molecule has 2 unspecified atom stereocenters. The Bertz CT molecular complexity index is 467. The van der Waals surface area contributed by atoms with Crippen molar-refractivity contribution in [2.45, 2.75) is 11.8 Å². The van der Waals surface area contributed by atoms with Crippen LogP contribution < -0.4 is 0 Å². The molecule has 1 aromatic carbocycles. The lowest BCUT2D eigenvalue weighted by Gasteiger charge is -2.03. The first-order valence-electron chi connectivity index (χ1n) is 4.57. The molecule has 5 nitrogen and oxygen atoms in total. The molecule has 0 spiro atoms. The van der Waals surface area contributed by atoms with Gasteiger partial charge in [-0.25, -0.2) is 0 Å². The first-order valence-corrected chi connectivity index (χ1v) is 5.89. The number of hydrogen-bond donors (Lipinski definition) is 0. The number of rotatable bonds is 4. The molecule has 6 heteroatoms. The van der Waals surface area contributed by atoms with Gasteiger partial charge in [0, 0.05) is 11.8 Å². The van der Waals surface area contributed by atoms with Gasteiger partial charge in [-0.2, -0.15) is 5.26 Å². The predicted octanol–water partition coefficient (Wildman–Crippen LogP) is 1.86. The molecule has 0 amide bonds. The molecule has 0 N–H and O–H groups in total. The second-order valence-corrected chi connectivity index (χ2v) is 4.73. The highest BCUT2D eigenvalue weighted by atomic mass is 32.2. The Labute approximate surface area is 95.3 Å². The normalized spacial score (nSPS) is 13.8. The monoisotopic (exact) mass is 238 g/mol. The van der Waals surface area contributed by atoms with Gasteiger partial charge < -0.3 is 0 Å². The number of nitro groups is 1. The summed E-state index contributed by atoms with van der Waals surface area (Å²) in [5, 5.41) is 19.3. The van der Waals surface area contributed by atoms with Crippen molar-refractivity contribution >= 4 is 16.5 Å². The fourth-order valence-electron chi connectivity index (χ4n) is 1.15. The van der Waals surface area contributed by atoms with E-state index in [2.05, 4.69) is 0 Å². The van der Waals surface area contributed by atoms with Gasteiger partial charge in [0.05, 0.1) is 27.7 Å². The maximum Gasteiger partial charge on any atom is 0.285 e. The van der Waals surface area contributed by atoms with E-state index in [1.807, 2.05) is 6.07 Å². The Hall–Kier alpha value is -1.74. The van der Waals surface area contributed by atoms with Crippen molar-refractivity contribution in [3.05, 3.63) is 34.4 Å². The molecule has 0 fully saturated rings. The van der Waals surface area contributed by atoms with E-state index in [1.165, 1.54) is 18.2 Å². The summed E-state index contributed by atoms with van der Waals surface area (Å²) in [5.74, 6) is -0.276. The molecular weight excluding hydrogens is 228 g/mol. The summed E-state index contributed by atoms with van der Waals surface area (Å²) in [5.41, 5.74) is -0.161. The van der Waals surface area contributed by atoms with Crippen LogP contribution in [0.1, 0.15) is 6.92 Å². The van der Waals surface area contributed by atoms with Crippen molar-refractivity contribution in [1.82, 2.24) is 0 Å². The highest BCUT2D eigenvalue weighted by Crippen LogP contribution is 2.22. The molecule has 0 heterocycles. The molecule has 16 heavy (non-hydrogen) atoms. The first-order chi connectivity index (χ1) is 7.56. The van der Waals surface area contributed by atoms with Gasteiger partial charge in [0.25, 0.3) is 5.69 Å². The maximum atomic E-state index is 11.8. The first kappa shape index (κ1) is 12.3. The number of nitriles is 1. The molecule has 1 aromatic rings. The summed E-state index contributed by atoms with van der Waals surface area (Å²) in [4.78, 5) is 10.3. The molecule has 1 rings (SSSR count). The van der Waals surface area contributed by atoms with E-state index in [0.29, 0.717) is 0 Å². The fraction of sp³-hybridized carbons (Fsp3) is 0.300. The largest absolute Gasteiger partial charge is 0.285 e. The zero-order valence-corrected chi connectivity index (χ0v) is 9.44. The van der Waals surface area contributed by atoms with Crippen LogP contribution in [0, 0.1) is 27.4 Å². The molecule has 0 aliphatic carbocycles. The number of nitro benzene ring substituents is 1. The number of nitrogens with zero attached hydrogens (tertiary/aromatic N) is 2. The van der Waals surface area contributed by atoms with Gasteiger partial charge in [-0.1, -0.05) is 12.1 Å². The molecule has 0 aromatic heterocycles. The summed E-state index contributed by atoms with van der Waals surface area (Å²) >= 11 is 0. The SMILES string of the molecule is CC(C#N)CS(=O)c1ccccc1[N+](=O)[O-]. The second-order valence-electron chi connectivity index (χ2n) is 3.27. The van der Waals surface area contributed by atoms with Crippen molar-refractivity contribution in [2.24, 2.45) is 5.92 Å². The van der Waals surface area contributed by atoms with Gasteiger partial charge in [0.15, 0.2) is 0 Å². The zero-order chi connectivity index (χ0) is 12.1. The smallest absolute Gasteiger partial charge is 0.258 e. The lowest BCUT2D eigenvalue weighted by Crippen LogP contribution is -2.08. The minimum Gasteiger partial charge on any atom is -0.258 e. The fourth-order valence-corrected chi connectivity index (χ4v) is 2.47. The van der Waals surface area contributed by atoms with E-state index in [9.17, 15) is 14.3 Å². The molecule has 2 atom stereocenters. The van der Waals surface area contributed by atoms with Gasteiger partial charge >= 0.3 is 0 Å². The summed E-state index contributed by atoms with van der Waals surface area (Å²) in [6, 6.07) is 7.83. The molecular formula is C10H10N2O3S. The summed E-state index contributed by atoms with van der Waals surface area (Å²) in [6.45, 7) is 1.63. The quantitative estimate of drug-likeness (QED) is 0.592. The van der Waals surface area contributed by atoms with Crippen molar-refractivity contribution < 1.29 is 9.13 Å². The lowest BCUT2D eigenvalue weighted by molar-refractivity contribution is -0.387. The van der Waals surface area contributed by atoms with Gasteiger partial charge in [-0.3, -0.25) is 14.3 Å². The van der Waals surface area contributed by atoms with E-state index >= 15 is 0 Å². The average Bonchev–Trinajstić information content (AvgIpc) is 2.28. The maximum absolute atomic E-state index is 11.8. The van der Waals surface area contributed by atoms with E-state index in [-0.39, 0.29) is 22.3 Å². The number of benzene rings is 1. The Morgan fingerprint density at radius 2 is 2.19 bits per heavy atom. The van der Waals surface area contributed by atoms with Crippen LogP contribution in [0.5, 0.6) is 0 Å². The molecule has 0 aliphatic rings. The van der Waals surface area contributed by atoms with Crippen molar-refractivity contribution in [1.29, 1.82) is 5.26 Å². The van der Waals surface area contributed by atoms with Crippen LogP contribution in [0.3, 0.4) is 0 Å². The van der Waals surface area contributed by atoms with Gasteiger partial charge in [0.1, 0.15) is 4.90 Å². The number of para-hydroxylation sites is 1. The number of hydrogen-bond acceptors (Lipinski definition) is 4. The minimum absolute atomic E-state index is 0.112. The van der Waals surface area contributed by atoms with Crippen LogP contribution in [0.15, 0.2) is 29.2 Å². The van der Waals surface area contributed by atoms with Crippen LogP contribution in [0.25, 0.3) is 0 Å². The second kappa shape index (κ2) is 5.37. The third kappa shape index (κ3) is 2.87. The Balaban J connectivity index is 3.00. The standard InChI is InChI=1S/C10H10N2O3S/c1-8(6-11)7-16(15)10-5-3-2-4-9(10)12(13)14/h2-5,8H,7H2,1H3. The van der Waals surface area contributed by atoms with Crippen molar-refractivity contribution in [3.8, 4) is 6.07 Å². The van der Waals surface area contributed by atoms with Crippen LogP contribution in [-0.4, -0.2) is 14.9 Å². The molecule has 0 radical (unpaired) electrons. The Morgan fingerprint density at radius 1 is 1.56 bits per heavy atom. The topological polar surface area (TPSA) is 84.0 Å². The summed E-state index contributed by atoms with van der Waals surface area (Å²) in [7, 11) is -1.51. The van der Waals surface area contributed by atoms with Crippen LogP contribution in [0.2, 0.25) is 0 Å². The van der Waals surface area contributed by atoms with Crippen LogP contribution in [-0.2, 0) is 10.8 Å². The van der Waals surface area contributed by atoms with E-state index < -0.39 is 15.7 Å². The molecule has 0 aliphatic heterocycles. The van der Waals surface area contributed by atoms with Gasteiger partial charge in [0.2, 0.25) is 0 Å². The molecule has 0 bridgehead atoms. The Kier molecular flexibility index (Phi) is 4.14. The van der Waals surface area contributed by atoms with E-state index in [0.717, 1.165) is 0 Å². The minimum atomic E-state index is -1.51. The zero-order valence-electron chi connectivity index (χ0n) is 8.62. The van der Waals surface area contributed by atoms with Crippen LogP contribution >= 0.6 is 0 Å².